The van der Waals surface area contributed by atoms with Crippen LogP contribution in [0.5, 0.6) is 11.5 Å². The number of methoxy groups -OCH3 is 1. The number of carbonyl (C=O) groups excluding carboxylic acids is 1. The molecule has 0 fully saturated rings. The molecule has 10 nitrogen and oxygen atoms in total. The summed E-state index contributed by atoms with van der Waals surface area (Å²) in [5, 5.41) is 34.6. The fourth-order valence-electron chi connectivity index (χ4n) is 2.47. The molecule has 2 heterocycles. The van der Waals surface area contributed by atoms with Crippen LogP contribution in [0.4, 0.5) is 0 Å². The molecular weight excluding hydrogens is 408 g/mol. The number of carboxylic acids is 1. The average molecular weight is 424 g/mol. The van der Waals surface area contributed by atoms with E-state index < -0.39 is 11.9 Å². The maximum Gasteiger partial charge on any atom is 0.360 e. The highest BCUT2D eigenvalue weighted by atomic mass is 16.5. The van der Waals surface area contributed by atoms with Gasteiger partial charge in [-0.2, -0.15) is 0 Å². The summed E-state index contributed by atoms with van der Waals surface area (Å²) in [7, 11) is 1.26. The smallest absolute Gasteiger partial charge is 0.360 e. The van der Waals surface area contributed by atoms with Crippen LogP contribution in [0.3, 0.4) is 0 Å². The Bertz CT molecular complexity index is 1210. The molecule has 0 amide bonds. The molecule has 0 radical (unpaired) electrons. The number of carbonyl (C=O) groups is 2. The molecule has 0 saturated carbocycles. The molecule has 3 N–H and O–H groups in total. The van der Waals surface area contributed by atoms with E-state index >= 15 is 0 Å². The van der Waals surface area contributed by atoms with Crippen molar-refractivity contribution in [2.45, 2.75) is 0 Å². The van der Waals surface area contributed by atoms with E-state index in [2.05, 4.69) is 15.1 Å². The number of phenolic OH excluding ortho intramolecular Hbond substituents is 2. The Morgan fingerprint density at radius 3 is 1.68 bits per heavy atom. The highest BCUT2D eigenvalue weighted by Gasteiger charge is 2.16. The van der Waals surface area contributed by atoms with Crippen LogP contribution in [-0.4, -0.2) is 44.7 Å². The highest BCUT2D eigenvalue weighted by Crippen LogP contribution is 2.29. The van der Waals surface area contributed by atoms with E-state index in [9.17, 15) is 19.8 Å². The van der Waals surface area contributed by atoms with Gasteiger partial charge < -0.3 is 29.1 Å². The second-order valence-electron chi connectivity index (χ2n) is 5.98. The van der Waals surface area contributed by atoms with Crippen LogP contribution in [0.25, 0.3) is 22.6 Å². The summed E-state index contributed by atoms with van der Waals surface area (Å²) < 4.78 is 14.2. The first-order valence-corrected chi connectivity index (χ1v) is 8.72. The molecule has 158 valence electrons. The Kier molecular flexibility index (Phi) is 6.31. The molecule has 2 aromatic heterocycles. The van der Waals surface area contributed by atoms with Gasteiger partial charge in [0.05, 0.1) is 18.2 Å². The number of ether oxygens (including phenoxy) is 1. The van der Waals surface area contributed by atoms with Crippen molar-refractivity contribution in [3.05, 3.63) is 72.1 Å². The first kappa shape index (κ1) is 21.1. The molecule has 0 saturated heterocycles. The Morgan fingerprint density at radius 1 is 0.806 bits per heavy atom. The molecule has 31 heavy (non-hydrogen) atoms. The number of carboxylic acid groups (broad SMARTS) is 1. The standard InChI is InChI=1S/C11H9NO4.C10H7NO4/c1-15-11(14)8-6-10(16-12-8)7-4-2-3-5-9(7)13;12-8-4-2-1-3-6(8)9-5-7(10(13)14)11-15-9/h2-6,13H,1H3;1-5,12H,(H,13,14). The van der Waals surface area contributed by atoms with Gasteiger partial charge in [-0.25, -0.2) is 9.59 Å². The lowest BCUT2D eigenvalue weighted by atomic mass is 10.1. The van der Waals surface area contributed by atoms with Gasteiger partial charge in [-0.3, -0.25) is 0 Å². The van der Waals surface area contributed by atoms with Crippen LogP contribution in [0.1, 0.15) is 21.0 Å². The van der Waals surface area contributed by atoms with Gasteiger partial charge in [0.25, 0.3) is 0 Å². The van der Waals surface area contributed by atoms with Crippen LogP contribution in [0.15, 0.2) is 69.7 Å². The maximum atomic E-state index is 11.1. The quantitative estimate of drug-likeness (QED) is 0.414. The third kappa shape index (κ3) is 4.88. The second kappa shape index (κ2) is 9.27. The number of benzene rings is 2. The first-order chi connectivity index (χ1) is 14.9. The Hall–Kier alpha value is -4.60. The lowest BCUT2D eigenvalue weighted by Crippen LogP contribution is -2.00. The number of aromatic carboxylic acids is 1. The monoisotopic (exact) mass is 424 g/mol. The zero-order chi connectivity index (χ0) is 22.4. The molecule has 0 aliphatic carbocycles. The van der Waals surface area contributed by atoms with Crippen molar-refractivity contribution in [3.63, 3.8) is 0 Å². The van der Waals surface area contributed by atoms with Crippen LogP contribution in [0.2, 0.25) is 0 Å². The van der Waals surface area contributed by atoms with E-state index in [1.165, 1.54) is 31.4 Å². The van der Waals surface area contributed by atoms with E-state index in [0.717, 1.165) is 0 Å². The van der Waals surface area contributed by atoms with Crippen LogP contribution < -0.4 is 0 Å². The molecule has 10 heteroatoms. The van der Waals surface area contributed by atoms with Gasteiger partial charge in [-0.05, 0) is 24.3 Å². The summed E-state index contributed by atoms with van der Waals surface area (Å²) in [5.74, 6) is -1.12. The van der Waals surface area contributed by atoms with E-state index in [1.807, 2.05) is 0 Å². The van der Waals surface area contributed by atoms with Crippen molar-refractivity contribution in [2.75, 3.05) is 7.11 Å². The number of hydrogen-bond acceptors (Lipinski definition) is 9. The zero-order valence-corrected chi connectivity index (χ0v) is 16.1. The highest BCUT2D eigenvalue weighted by molar-refractivity contribution is 5.88. The normalized spacial score (nSPS) is 10.1. The van der Waals surface area contributed by atoms with Gasteiger partial charge in [0.1, 0.15) is 11.5 Å². The number of phenols is 2. The van der Waals surface area contributed by atoms with Gasteiger partial charge in [-0.1, -0.05) is 34.6 Å². The number of nitrogens with zero attached hydrogens (tertiary/aromatic N) is 2. The van der Waals surface area contributed by atoms with Gasteiger partial charge in [0.2, 0.25) is 0 Å². The zero-order valence-electron chi connectivity index (χ0n) is 16.1. The number of aromatic hydroxyl groups is 2. The number of aromatic nitrogens is 2. The molecule has 4 rings (SSSR count). The molecule has 0 spiro atoms. The largest absolute Gasteiger partial charge is 0.507 e. The number of hydrogen-bond donors (Lipinski definition) is 3. The Balaban J connectivity index is 0.000000176. The van der Waals surface area contributed by atoms with Crippen LogP contribution in [0, 0.1) is 0 Å². The third-order valence-electron chi connectivity index (χ3n) is 3.97. The van der Waals surface area contributed by atoms with E-state index in [1.54, 1.807) is 36.4 Å². The van der Waals surface area contributed by atoms with E-state index in [0.29, 0.717) is 16.9 Å². The third-order valence-corrected chi connectivity index (χ3v) is 3.97. The molecule has 4 aromatic rings. The summed E-state index contributed by atoms with van der Waals surface area (Å²) in [5.41, 5.74) is 0.775. The summed E-state index contributed by atoms with van der Waals surface area (Å²) in [6, 6.07) is 15.8. The van der Waals surface area contributed by atoms with Gasteiger partial charge in [0, 0.05) is 12.1 Å². The van der Waals surface area contributed by atoms with Crippen molar-refractivity contribution in [3.8, 4) is 34.1 Å². The Morgan fingerprint density at radius 2 is 1.26 bits per heavy atom. The van der Waals surface area contributed by atoms with E-state index in [-0.39, 0.29) is 28.6 Å². The maximum absolute atomic E-state index is 11.1. The van der Waals surface area contributed by atoms with Crippen molar-refractivity contribution in [1.29, 1.82) is 0 Å². The fourth-order valence-corrected chi connectivity index (χ4v) is 2.47. The number of esters is 1. The minimum atomic E-state index is -1.17. The van der Waals surface area contributed by atoms with Crippen molar-refractivity contribution >= 4 is 11.9 Å². The predicted molar refractivity (Wildman–Crippen MR) is 106 cm³/mol. The average Bonchev–Trinajstić information content (AvgIpc) is 3.45. The van der Waals surface area contributed by atoms with Crippen molar-refractivity contribution in [1.82, 2.24) is 10.3 Å². The molecular formula is C21H16N2O8. The van der Waals surface area contributed by atoms with Crippen LogP contribution >= 0.6 is 0 Å². The minimum absolute atomic E-state index is 0.0191. The minimum Gasteiger partial charge on any atom is -0.507 e. The molecule has 0 atom stereocenters. The molecule has 0 aliphatic heterocycles. The summed E-state index contributed by atoms with van der Waals surface area (Å²) in [6.45, 7) is 0. The topological polar surface area (TPSA) is 156 Å². The van der Waals surface area contributed by atoms with Crippen LogP contribution in [-0.2, 0) is 4.74 Å². The Labute approximate surface area is 174 Å². The lowest BCUT2D eigenvalue weighted by molar-refractivity contribution is 0.0588. The predicted octanol–water partition coefficient (Wildman–Crippen LogP) is 3.58. The first-order valence-electron chi connectivity index (χ1n) is 8.72. The molecule has 0 unspecified atom stereocenters. The lowest BCUT2D eigenvalue weighted by Gasteiger charge is -1.97. The molecule has 2 aromatic carbocycles. The van der Waals surface area contributed by atoms with E-state index in [4.69, 9.17) is 14.2 Å². The van der Waals surface area contributed by atoms with Crippen molar-refractivity contribution in [2.24, 2.45) is 0 Å². The SMILES string of the molecule is COC(=O)c1cc(-c2ccccc2O)on1.O=C(O)c1cc(-c2ccccc2O)on1. The number of rotatable bonds is 4. The van der Waals surface area contributed by atoms with Gasteiger partial charge >= 0.3 is 11.9 Å². The second-order valence-corrected chi connectivity index (χ2v) is 5.98. The summed E-state index contributed by atoms with van der Waals surface area (Å²) in [6.07, 6.45) is 0. The van der Waals surface area contributed by atoms with Gasteiger partial charge in [-0.15, -0.1) is 0 Å². The molecule has 0 aliphatic rings. The summed E-state index contributed by atoms with van der Waals surface area (Å²) in [4.78, 5) is 21.7. The summed E-state index contributed by atoms with van der Waals surface area (Å²) >= 11 is 0. The van der Waals surface area contributed by atoms with Crippen molar-refractivity contribution < 1.29 is 38.7 Å². The van der Waals surface area contributed by atoms with Gasteiger partial charge in [0.15, 0.2) is 22.9 Å². The molecule has 0 bridgehead atoms. The number of para-hydroxylation sites is 2. The fraction of sp³-hybridized carbons (Fsp3) is 0.0476.